The highest BCUT2D eigenvalue weighted by atomic mass is 32.2. The number of hydrogen-bond acceptors (Lipinski definition) is 4. The van der Waals surface area contributed by atoms with E-state index < -0.39 is 10.0 Å². The number of amides is 1. The zero-order chi connectivity index (χ0) is 19.4. The van der Waals surface area contributed by atoms with Crippen LogP contribution in [0, 0.1) is 26.2 Å². The lowest BCUT2D eigenvalue weighted by Gasteiger charge is -2.34. The van der Waals surface area contributed by atoms with Crippen LogP contribution in [0.4, 0.5) is 0 Å². The topological polar surface area (TPSA) is 87.3 Å². The van der Waals surface area contributed by atoms with Gasteiger partial charge in [-0.3, -0.25) is 4.79 Å². The average Bonchev–Trinajstić information content (AvgIpc) is 2.52. The molecular weight excluding hydrogens is 350 g/mol. The van der Waals surface area contributed by atoms with E-state index >= 15 is 0 Å². The third-order valence-corrected chi connectivity index (χ3v) is 6.81. The number of carbonyl (C=O) groups excluding carboxylic acids is 1. The molecular formula is C19H31N3O3S. The van der Waals surface area contributed by atoms with Crippen molar-refractivity contribution in [1.29, 1.82) is 0 Å². The van der Waals surface area contributed by atoms with Crippen LogP contribution >= 0.6 is 0 Å². The Balaban J connectivity index is 1.85. The van der Waals surface area contributed by atoms with Gasteiger partial charge in [0.25, 0.3) is 0 Å². The molecule has 1 heterocycles. The molecule has 3 N–H and O–H groups in total. The first-order valence-corrected chi connectivity index (χ1v) is 10.7. The second-order valence-electron chi connectivity index (χ2n) is 7.71. The highest BCUT2D eigenvalue weighted by Crippen LogP contribution is 2.26. The minimum absolute atomic E-state index is 0.0964. The first-order valence-electron chi connectivity index (χ1n) is 9.18. The molecule has 1 aromatic rings. The van der Waals surface area contributed by atoms with Gasteiger partial charge in [-0.15, -0.1) is 0 Å². The molecule has 0 radical (unpaired) electrons. The molecule has 1 fully saturated rings. The lowest BCUT2D eigenvalue weighted by atomic mass is 9.81. The lowest BCUT2D eigenvalue weighted by molar-refractivity contribution is -0.121. The number of carbonyl (C=O) groups is 1. The summed E-state index contributed by atoms with van der Waals surface area (Å²) in [4.78, 5) is 12.4. The van der Waals surface area contributed by atoms with E-state index in [1.807, 2.05) is 19.1 Å². The van der Waals surface area contributed by atoms with Gasteiger partial charge in [0.1, 0.15) is 0 Å². The predicted molar refractivity (Wildman–Crippen MR) is 104 cm³/mol. The molecule has 1 saturated heterocycles. The first kappa shape index (κ1) is 20.9. The summed E-state index contributed by atoms with van der Waals surface area (Å²) in [6.07, 6.45) is 2.20. The van der Waals surface area contributed by atoms with Crippen molar-refractivity contribution in [1.82, 2.24) is 15.4 Å². The molecule has 6 nitrogen and oxygen atoms in total. The third kappa shape index (κ3) is 5.53. The summed E-state index contributed by atoms with van der Waals surface area (Å²) in [5.41, 5.74) is 2.59. The SMILES string of the molecule is Cc1cc(C)c(S(=O)(=O)NCCC(=O)NCC2(C)CCNCC2)c(C)c1. The Morgan fingerprint density at radius 1 is 1.15 bits per heavy atom. The second-order valence-corrected chi connectivity index (χ2v) is 9.42. The fourth-order valence-electron chi connectivity index (χ4n) is 3.57. The largest absolute Gasteiger partial charge is 0.356 e. The van der Waals surface area contributed by atoms with Crippen LogP contribution in [-0.2, 0) is 14.8 Å². The van der Waals surface area contributed by atoms with Crippen molar-refractivity contribution in [2.75, 3.05) is 26.2 Å². The van der Waals surface area contributed by atoms with Crippen molar-refractivity contribution >= 4 is 15.9 Å². The molecule has 26 heavy (non-hydrogen) atoms. The van der Waals surface area contributed by atoms with Gasteiger partial charge in [0.2, 0.25) is 15.9 Å². The van der Waals surface area contributed by atoms with Gasteiger partial charge >= 0.3 is 0 Å². The Labute approximate surface area is 157 Å². The number of aryl methyl sites for hydroxylation is 3. The summed E-state index contributed by atoms with van der Waals surface area (Å²) in [5.74, 6) is -0.121. The number of sulfonamides is 1. The molecule has 0 atom stereocenters. The van der Waals surface area contributed by atoms with Gasteiger partial charge in [0, 0.05) is 19.5 Å². The molecule has 146 valence electrons. The maximum Gasteiger partial charge on any atom is 0.241 e. The van der Waals surface area contributed by atoms with E-state index in [2.05, 4.69) is 22.3 Å². The number of nitrogens with one attached hydrogen (secondary N) is 3. The van der Waals surface area contributed by atoms with Crippen molar-refractivity contribution < 1.29 is 13.2 Å². The zero-order valence-electron chi connectivity index (χ0n) is 16.2. The molecule has 0 bridgehead atoms. The Morgan fingerprint density at radius 2 is 1.73 bits per heavy atom. The molecule has 0 unspecified atom stereocenters. The van der Waals surface area contributed by atoms with Gasteiger partial charge in [0.15, 0.2) is 0 Å². The third-order valence-electron chi connectivity index (χ3n) is 5.04. The van der Waals surface area contributed by atoms with E-state index in [9.17, 15) is 13.2 Å². The van der Waals surface area contributed by atoms with Crippen LogP contribution in [0.2, 0.25) is 0 Å². The van der Waals surface area contributed by atoms with Gasteiger partial charge in [-0.1, -0.05) is 24.6 Å². The normalized spacial score (nSPS) is 17.1. The predicted octanol–water partition coefficient (Wildman–Crippen LogP) is 1.79. The maximum atomic E-state index is 12.6. The molecule has 1 aromatic carbocycles. The Kier molecular flexibility index (Phi) is 6.82. The average molecular weight is 382 g/mol. The van der Waals surface area contributed by atoms with E-state index in [0.29, 0.717) is 11.4 Å². The van der Waals surface area contributed by atoms with E-state index in [4.69, 9.17) is 0 Å². The molecule has 2 rings (SSSR count). The summed E-state index contributed by atoms with van der Waals surface area (Å²) in [7, 11) is -3.62. The maximum absolute atomic E-state index is 12.6. The van der Waals surface area contributed by atoms with E-state index in [1.165, 1.54) is 0 Å². The molecule has 7 heteroatoms. The van der Waals surface area contributed by atoms with Gasteiger partial charge in [0.05, 0.1) is 4.90 Å². The Hall–Kier alpha value is -1.44. The molecule has 0 spiro atoms. The van der Waals surface area contributed by atoms with Crippen molar-refractivity contribution in [2.45, 2.75) is 51.9 Å². The van der Waals surface area contributed by atoms with Crippen molar-refractivity contribution in [3.8, 4) is 0 Å². The number of rotatable bonds is 7. The van der Waals surface area contributed by atoms with Gasteiger partial charge in [-0.05, 0) is 63.2 Å². The lowest BCUT2D eigenvalue weighted by Crippen LogP contribution is -2.43. The van der Waals surface area contributed by atoms with Gasteiger partial charge in [-0.2, -0.15) is 0 Å². The minimum Gasteiger partial charge on any atom is -0.356 e. The van der Waals surface area contributed by atoms with Crippen LogP contribution in [0.3, 0.4) is 0 Å². The van der Waals surface area contributed by atoms with E-state index in [-0.39, 0.29) is 24.3 Å². The summed E-state index contributed by atoms with van der Waals surface area (Å²) < 4.78 is 27.7. The monoisotopic (exact) mass is 381 g/mol. The highest BCUT2D eigenvalue weighted by Gasteiger charge is 2.27. The number of piperidine rings is 1. The number of benzene rings is 1. The number of hydrogen-bond donors (Lipinski definition) is 3. The van der Waals surface area contributed by atoms with Crippen LogP contribution in [-0.4, -0.2) is 40.5 Å². The van der Waals surface area contributed by atoms with Gasteiger partial charge in [-0.25, -0.2) is 13.1 Å². The molecule has 0 saturated carbocycles. The quantitative estimate of drug-likeness (QED) is 0.672. The summed E-state index contributed by atoms with van der Waals surface area (Å²) in [6.45, 7) is 10.4. The Bertz CT molecular complexity index is 730. The summed E-state index contributed by atoms with van der Waals surface area (Å²) in [5, 5.41) is 6.26. The van der Waals surface area contributed by atoms with Crippen LogP contribution in [0.5, 0.6) is 0 Å². The van der Waals surface area contributed by atoms with E-state index in [1.54, 1.807) is 13.8 Å². The van der Waals surface area contributed by atoms with Gasteiger partial charge < -0.3 is 10.6 Å². The Morgan fingerprint density at radius 3 is 2.31 bits per heavy atom. The minimum atomic E-state index is -3.62. The van der Waals surface area contributed by atoms with Crippen LogP contribution < -0.4 is 15.4 Å². The zero-order valence-corrected chi connectivity index (χ0v) is 17.1. The van der Waals surface area contributed by atoms with Crippen molar-refractivity contribution in [3.05, 3.63) is 28.8 Å². The summed E-state index contributed by atoms with van der Waals surface area (Å²) in [6, 6.07) is 3.71. The standard InChI is InChI=1S/C19H31N3O3S/c1-14-11-15(2)18(16(3)12-14)26(24,25)22-8-5-17(23)21-13-19(4)6-9-20-10-7-19/h11-12,20,22H,5-10,13H2,1-4H3,(H,21,23). The van der Waals surface area contributed by atoms with Crippen LogP contribution in [0.1, 0.15) is 42.9 Å². The molecule has 1 amide bonds. The fourth-order valence-corrected chi connectivity index (χ4v) is 5.05. The molecule has 1 aliphatic heterocycles. The first-order chi connectivity index (χ1) is 12.1. The second kappa shape index (κ2) is 8.50. The van der Waals surface area contributed by atoms with Crippen molar-refractivity contribution in [2.24, 2.45) is 5.41 Å². The summed E-state index contributed by atoms with van der Waals surface area (Å²) >= 11 is 0. The smallest absolute Gasteiger partial charge is 0.241 e. The van der Waals surface area contributed by atoms with Crippen LogP contribution in [0.25, 0.3) is 0 Å². The van der Waals surface area contributed by atoms with E-state index in [0.717, 1.165) is 42.6 Å². The van der Waals surface area contributed by atoms with Crippen molar-refractivity contribution in [3.63, 3.8) is 0 Å². The fraction of sp³-hybridized carbons (Fsp3) is 0.632. The molecule has 0 aromatic heterocycles. The highest BCUT2D eigenvalue weighted by molar-refractivity contribution is 7.89. The molecule has 1 aliphatic rings. The van der Waals surface area contributed by atoms with Crippen LogP contribution in [0.15, 0.2) is 17.0 Å². The molecule has 0 aliphatic carbocycles.